The van der Waals surface area contributed by atoms with Crippen molar-refractivity contribution < 1.29 is 32.5 Å². The van der Waals surface area contributed by atoms with Crippen molar-refractivity contribution in [3.63, 3.8) is 0 Å². The highest BCUT2D eigenvalue weighted by Gasteiger charge is 2.44. The van der Waals surface area contributed by atoms with Gasteiger partial charge in [-0.15, -0.1) is 0 Å². The van der Waals surface area contributed by atoms with E-state index in [0.717, 1.165) is 12.0 Å². The first-order valence-electron chi connectivity index (χ1n) is 12.9. The van der Waals surface area contributed by atoms with Crippen molar-refractivity contribution in [3.05, 3.63) is 60.2 Å². The molecule has 208 valence electrons. The van der Waals surface area contributed by atoms with Gasteiger partial charge in [0.2, 0.25) is 10.0 Å². The van der Waals surface area contributed by atoms with E-state index >= 15 is 0 Å². The number of ether oxygens (including phenoxy) is 3. The zero-order valence-corrected chi connectivity index (χ0v) is 22.5. The summed E-state index contributed by atoms with van der Waals surface area (Å²) in [7, 11) is -3.93. The van der Waals surface area contributed by atoms with Gasteiger partial charge in [0, 0.05) is 18.8 Å². The van der Waals surface area contributed by atoms with Crippen molar-refractivity contribution in [2.75, 3.05) is 32.0 Å². The van der Waals surface area contributed by atoms with Crippen LogP contribution in [0.3, 0.4) is 0 Å². The Morgan fingerprint density at radius 1 is 1.13 bits per heavy atom. The van der Waals surface area contributed by atoms with Crippen LogP contribution in [-0.4, -0.2) is 74.8 Å². The summed E-state index contributed by atoms with van der Waals surface area (Å²) >= 11 is 0. The van der Waals surface area contributed by atoms with E-state index in [1.165, 1.54) is 28.6 Å². The topological polar surface area (TPSA) is 140 Å². The lowest BCUT2D eigenvalue weighted by molar-refractivity contribution is -0.0907. The molecule has 0 aliphatic carbocycles. The fraction of sp³-hybridized carbons (Fsp3) is 0.519. The van der Waals surface area contributed by atoms with Crippen molar-refractivity contribution in [1.82, 2.24) is 9.62 Å². The third-order valence-corrected chi connectivity index (χ3v) is 8.63. The number of hydrogen-bond donors (Lipinski definition) is 3. The first kappa shape index (κ1) is 28.3. The maximum atomic E-state index is 13.5. The van der Waals surface area contributed by atoms with Gasteiger partial charge in [0.15, 0.2) is 6.29 Å². The number of sulfonamides is 1. The molecule has 2 fully saturated rings. The van der Waals surface area contributed by atoms with Crippen LogP contribution in [0.15, 0.2) is 59.5 Å². The van der Waals surface area contributed by atoms with Crippen molar-refractivity contribution in [2.24, 2.45) is 11.8 Å². The summed E-state index contributed by atoms with van der Waals surface area (Å²) in [5.41, 5.74) is 7.07. The second-order valence-electron chi connectivity index (χ2n) is 10.3. The Balaban J connectivity index is 1.51. The van der Waals surface area contributed by atoms with E-state index in [1.807, 2.05) is 44.2 Å². The molecule has 11 heteroatoms. The number of aliphatic hydroxyl groups excluding tert-OH is 1. The van der Waals surface area contributed by atoms with Crippen molar-refractivity contribution in [1.29, 1.82) is 0 Å². The minimum absolute atomic E-state index is 0.000183. The van der Waals surface area contributed by atoms with Crippen molar-refractivity contribution >= 4 is 21.8 Å². The Bertz CT molecular complexity index is 1160. The number of amides is 1. The monoisotopic (exact) mass is 547 g/mol. The molecule has 4 N–H and O–H groups in total. The molecule has 2 heterocycles. The minimum atomic E-state index is -3.93. The summed E-state index contributed by atoms with van der Waals surface area (Å²) < 4.78 is 44.9. The molecule has 5 atom stereocenters. The van der Waals surface area contributed by atoms with Gasteiger partial charge >= 0.3 is 6.09 Å². The second kappa shape index (κ2) is 12.4. The molecule has 10 nitrogen and oxygen atoms in total. The number of alkyl carbamates (subject to hydrolysis) is 1. The zero-order chi connectivity index (χ0) is 27.3. The number of carbonyl (C=O) groups excluding carboxylic acids is 1. The summed E-state index contributed by atoms with van der Waals surface area (Å²) in [6.07, 6.45) is -1.69. The molecular weight excluding hydrogens is 510 g/mol. The number of nitrogen functional groups attached to an aromatic ring is 1. The number of nitrogens with two attached hydrogens (primary N) is 1. The van der Waals surface area contributed by atoms with E-state index in [1.54, 1.807) is 0 Å². The molecule has 1 amide bonds. The standard InChI is InChI=1S/C27H37N3O7S/c1-18(2)15-30(38(33,34)21-10-8-20(28)9-11-21)16-24(31)23(14-19-6-4-3-5-7-19)29-27(32)37-25-17-36-26-22(25)12-13-35-26/h3-11,18,22-26,31H,12-17,28H2,1-2H3,(H,29,32)/t22?,23-,24+,25?,26?/m0/s1. The molecule has 4 rings (SSSR count). The number of anilines is 1. The Hall–Kier alpha value is -2.70. The van der Waals surface area contributed by atoms with Crippen LogP contribution in [0.5, 0.6) is 0 Å². The highest BCUT2D eigenvalue weighted by atomic mass is 32.2. The van der Waals surface area contributed by atoms with Crippen LogP contribution in [0.2, 0.25) is 0 Å². The normalized spacial score (nSPS) is 22.8. The van der Waals surface area contributed by atoms with E-state index < -0.39 is 34.4 Å². The summed E-state index contributed by atoms with van der Waals surface area (Å²) in [5.74, 6) is -0.0231. The van der Waals surface area contributed by atoms with Crippen LogP contribution in [-0.2, 0) is 30.7 Å². The molecule has 2 aromatic rings. The van der Waals surface area contributed by atoms with Gasteiger partial charge in [-0.25, -0.2) is 13.2 Å². The van der Waals surface area contributed by atoms with E-state index in [9.17, 15) is 18.3 Å². The van der Waals surface area contributed by atoms with Crippen LogP contribution >= 0.6 is 0 Å². The third-order valence-electron chi connectivity index (χ3n) is 6.79. The Morgan fingerprint density at radius 2 is 1.84 bits per heavy atom. The number of fused-ring (bicyclic) bond motifs is 1. The van der Waals surface area contributed by atoms with Crippen LogP contribution in [0, 0.1) is 11.8 Å². The molecule has 0 bridgehead atoms. The molecule has 2 aliphatic rings. The van der Waals surface area contributed by atoms with Gasteiger partial charge in [0.1, 0.15) is 6.10 Å². The predicted molar refractivity (Wildman–Crippen MR) is 142 cm³/mol. The highest BCUT2D eigenvalue weighted by Crippen LogP contribution is 2.33. The molecule has 3 unspecified atom stereocenters. The molecule has 2 aromatic carbocycles. The molecule has 2 saturated heterocycles. The number of benzene rings is 2. The minimum Gasteiger partial charge on any atom is -0.443 e. The van der Waals surface area contributed by atoms with Gasteiger partial charge in [-0.3, -0.25) is 0 Å². The molecule has 0 radical (unpaired) electrons. The molecule has 38 heavy (non-hydrogen) atoms. The van der Waals surface area contributed by atoms with E-state index in [2.05, 4.69) is 5.32 Å². The summed E-state index contributed by atoms with van der Waals surface area (Å²) in [4.78, 5) is 13.0. The van der Waals surface area contributed by atoms with Gasteiger partial charge in [-0.1, -0.05) is 44.2 Å². The summed E-state index contributed by atoms with van der Waals surface area (Å²) in [5, 5.41) is 14.1. The number of nitrogens with one attached hydrogen (secondary N) is 1. The number of aliphatic hydroxyl groups is 1. The number of hydrogen-bond acceptors (Lipinski definition) is 8. The van der Waals surface area contributed by atoms with Crippen LogP contribution in [0.4, 0.5) is 10.5 Å². The largest absolute Gasteiger partial charge is 0.443 e. The maximum Gasteiger partial charge on any atom is 0.407 e. The molecule has 2 aliphatic heterocycles. The molecule has 0 spiro atoms. The molecular formula is C27H37N3O7S. The lowest BCUT2D eigenvalue weighted by atomic mass is 10.0. The smallest absolute Gasteiger partial charge is 0.407 e. The van der Waals surface area contributed by atoms with Crippen LogP contribution in [0.25, 0.3) is 0 Å². The van der Waals surface area contributed by atoms with Gasteiger partial charge in [-0.05, 0) is 48.6 Å². The van der Waals surface area contributed by atoms with E-state index in [4.69, 9.17) is 19.9 Å². The van der Waals surface area contributed by atoms with Crippen molar-refractivity contribution in [2.45, 2.75) is 56.1 Å². The summed E-state index contributed by atoms with van der Waals surface area (Å²) in [6, 6.07) is 14.5. The van der Waals surface area contributed by atoms with Gasteiger partial charge in [0.05, 0.1) is 36.2 Å². The Morgan fingerprint density at radius 3 is 2.53 bits per heavy atom. The van der Waals surface area contributed by atoms with Crippen LogP contribution < -0.4 is 11.1 Å². The van der Waals surface area contributed by atoms with Gasteiger partial charge in [-0.2, -0.15) is 4.31 Å². The zero-order valence-electron chi connectivity index (χ0n) is 21.7. The predicted octanol–water partition coefficient (Wildman–Crippen LogP) is 2.38. The average molecular weight is 548 g/mol. The molecule has 0 aromatic heterocycles. The van der Waals surface area contributed by atoms with Crippen LogP contribution in [0.1, 0.15) is 25.8 Å². The quantitative estimate of drug-likeness (QED) is 0.364. The van der Waals surface area contributed by atoms with Crippen molar-refractivity contribution in [3.8, 4) is 0 Å². The van der Waals surface area contributed by atoms with Gasteiger partial charge in [0.25, 0.3) is 0 Å². The van der Waals surface area contributed by atoms with E-state index in [-0.39, 0.29) is 49.1 Å². The Kier molecular flexibility index (Phi) is 9.27. The first-order valence-corrected chi connectivity index (χ1v) is 14.4. The number of nitrogens with zero attached hydrogens (tertiary/aromatic N) is 1. The summed E-state index contributed by atoms with van der Waals surface area (Å²) in [6.45, 7) is 4.58. The maximum absolute atomic E-state index is 13.5. The number of rotatable bonds is 11. The SMILES string of the molecule is CC(C)CN(C[C@@H](O)[C@H](Cc1ccccc1)NC(=O)OC1COC2OCCC12)S(=O)(=O)c1ccc(N)cc1. The third kappa shape index (κ3) is 7.03. The fourth-order valence-corrected chi connectivity index (χ4v) is 6.45. The second-order valence-corrected chi connectivity index (χ2v) is 12.2. The lowest BCUT2D eigenvalue weighted by Gasteiger charge is -2.31. The first-order chi connectivity index (χ1) is 18.1. The lowest BCUT2D eigenvalue weighted by Crippen LogP contribution is -2.51. The fourth-order valence-electron chi connectivity index (χ4n) is 4.82. The average Bonchev–Trinajstić information content (AvgIpc) is 3.49. The number of carbonyl (C=O) groups is 1. The highest BCUT2D eigenvalue weighted by molar-refractivity contribution is 7.89. The van der Waals surface area contributed by atoms with Gasteiger partial charge < -0.3 is 30.4 Å². The Labute approximate surface area is 224 Å². The van der Waals surface area contributed by atoms with E-state index in [0.29, 0.717) is 12.3 Å². The molecule has 0 saturated carbocycles.